The molecule has 0 aromatic heterocycles. The van der Waals surface area contributed by atoms with Crippen molar-refractivity contribution in [3.05, 3.63) is 28.2 Å². The van der Waals surface area contributed by atoms with Gasteiger partial charge in [-0.05, 0) is 43.1 Å². The molecule has 66 valence electrons. The number of halogens is 1. The predicted octanol–water partition coefficient (Wildman–Crippen LogP) is 2.05. The van der Waals surface area contributed by atoms with Crippen LogP contribution in [0.3, 0.4) is 0 Å². The van der Waals surface area contributed by atoms with Crippen LogP contribution >= 0.6 is 15.9 Å². The molecule has 0 unspecified atom stereocenters. The number of phenolic OH excluding ortho intramolecular Hbond substituents is 1. The van der Waals surface area contributed by atoms with E-state index < -0.39 is 0 Å². The van der Waals surface area contributed by atoms with Gasteiger partial charge in [-0.1, -0.05) is 15.9 Å². The highest BCUT2D eigenvalue weighted by Gasteiger charge is 1.97. The van der Waals surface area contributed by atoms with Gasteiger partial charge >= 0.3 is 0 Å². The van der Waals surface area contributed by atoms with Crippen LogP contribution in [0.25, 0.3) is 0 Å². The van der Waals surface area contributed by atoms with E-state index in [4.69, 9.17) is 5.73 Å². The molecule has 0 spiro atoms. The summed E-state index contributed by atoms with van der Waals surface area (Å²) >= 11 is 3.31. The number of aryl methyl sites for hydroxylation is 1. The second-order valence-corrected chi connectivity index (χ2v) is 3.63. The van der Waals surface area contributed by atoms with Crippen molar-refractivity contribution in [2.75, 3.05) is 6.54 Å². The topological polar surface area (TPSA) is 46.2 Å². The summed E-state index contributed by atoms with van der Waals surface area (Å²) in [6.45, 7) is 0.688. The fraction of sp³-hybridized carbons (Fsp3) is 0.333. The molecule has 0 aliphatic heterocycles. The van der Waals surface area contributed by atoms with Crippen molar-refractivity contribution in [1.82, 2.24) is 0 Å². The largest absolute Gasteiger partial charge is 0.508 e. The van der Waals surface area contributed by atoms with Crippen molar-refractivity contribution in [2.45, 2.75) is 12.8 Å². The lowest BCUT2D eigenvalue weighted by atomic mass is 10.1. The monoisotopic (exact) mass is 229 g/mol. The molecule has 0 bridgehead atoms. The van der Waals surface area contributed by atoms with Gasteiger partial charge in [-0.3, -0.25) is 0 Å². The summed E-state index contributed by atoms with van der Waals surface area (Å²) in [6.07, 6.45) is 1.87. The first-order valence-electron chi connectivity index (χ1n) is 3.91. The highest BCUT2D eigenvalue weighted by Crippen LogP contribution is 2.20. The van der Waals surface area contributed by atoms with E-state index in [1.807, 2.05) is 6.07 Å². The minimum Gasteiger partial charge on any atom is -0.508 e. The van der Waals surface area contributed by atoms with Crippen molar-refractivity contribution >= 4 is 15.9 Å². The summed E-state index contributed by atoms with van der Waals surface area (Å²) in [6, 6.07) is 5.43. The van der Waals surface area contributed by atoms with Crippen LogP contribution in [-0.2, 0) is 6.42 Å². The zero-order valence-electron chi connectivity index (χ0n) is 6.76. The van der Waals surface area contributed by atoms with E-state index in [0.29, 0.717) is 12.3 Å². The Morgan fingerprint density at radius 3 is 2.67 bits per heavy atom. The van der Waals surface area contributed by atoms with Gasteiger partial charge in [-0.15, -0.1) is 0 Å². The van der Waals surface area contributed by atoms with E-state index in [0.717, 1.165) is 22.9 Å². The molecule has 0 fully saturated rings. The molecule has 2 nitrogen and oxygen atoms in total. The van der Waals surface area contributed by atoms with E-state index in [2.05, 4.69) is 15.9 Å². The number of benzene rings is 1. The minimum atomic E-state index is 0.302. The smallest absolute Gasteiger partial charge is 0.116 e. The second kappa shape index (κ2) is 4.48. The molecule has 0 aliphatic rings. The minimum absolute atomic E-state index is 0.302. The molecule has 0 amide bonds. The van der Waals surface area contributed by atoms with Crippen LogP contribution in [0.1, 0.15) is 12.0 Å². The molecular weight excluding hydrogens is 218 g/mol. The Bertz CT molecular complexity index is 242. The molecule has 0 saturated carbocycles. The third-order valence-corrected chi connectivity index (χ3v) is 2.07. The van der Waals surface area contributed by atoms with Crippen LogP contribution in [0.15, 0.2) is 22.7 Å². The SMILES string of the molecule is NCCCc1cc(O)cc(Br)c1. The number of aromatic hydroxyl groups is 1. The van der Waals surface area contributed by atoms with E-state index in [1.165, 1.54) is 0 Å². The Labute approximate surface area is 80.5 Å². The second-order valence-electron chi connectivity index (χ2n) is 2.71. The van der Waals surface area contributed by atoms with E-state index in [-0.39, 0.29) is 0 Å². The van der Waals surface area contributed by atoms with Gasteiger partial charge in [-0.2, -0.15) is 0 Å². The Morgan fingerprint density at radius 1 is 1.33 bits per heavy atom. The molecule has 12 heavy (non-hydrogen) atoms. The van der Waals surface area contributed by atoms with Crippen molar-refractivity contribution < 1.29 is 5.11 Å². The van der Waals surface area contributed by atoms with Gasteiger partial charge in [0.1, 0.15) is 5.75 Å². The number of hydrogen-bond donors (Lipinski definition) is 2. The van der Waals surface area contributed by atoms with Gasteiger partial charge in [0.2, 0.25) is 0 Å². The average molecular weight is 230 g/mol. The Balaban J connectivity index is 2.72. The highest BCUT2D eigenvalue weighted by molar-refractivity contribution is 9.10. The van der Waals surface area contributed by atoms with Crippen molar-refractivity contribution in [1.29, 1.82) is 0 Å². The lowest BCUT2D eigenvalue weighted by Crippen LogP contribution is -2.00. The van der Waals surface area contributed by atoms with Crippen LogP contribution in [0.5, 0.6) is 5.75 Å². The van der Waals surface area contributed by atoms with E-state index >= 15 is 0 Å². The molecule has 1 aromatic carbocycles. The summed E-state index contributed by atoms with van der Waals surface area (Å²) in [5, 5.41) is 9.23. The number of phenols is 1. The van der Waals surface area contributed by atoms with Crippen LogP contribution in [0.4, 0.5) is 0 Å². The molecule has 1 rings (SSSR count). The Morgan fingerprint density at radius 2 is 2.08 bits per heavy atom. The van der Waals surface area contributed by atoms with Crippen LogP contribution in [0.2, 0.25) is 0 Å². The highest BCUT2D eigenvalue weighted by atomic mass is 79.9. The molecule has 0 aliphatic carbocycles. The fourth-order valence-corrected chi connectivity index (χ4v) is 1.61. The van der Waals surface area contributed by atoms with E-state index in [9.17, 15) is 5.11 Å². The third kappa shape index (κ3) is 2.83. The van der Waals surface area contributed by atoms with E-state index in [1.54, 1.807) is 12.1 Å². The first kappa shape index (κ1) is 9.55. The quantitative estimate of drug-likeness (QED) is 0.834. The molecule has 0 atom stereocenters. The van der Waals surface area contributed by atoms with Crippen molar-refractivity contribution in [3.63, 3.8) is 0 Å². The van der Waals surface area contributed by atoms with Crippen LogP contribution < -0.4 is 5.73 Å². The zero-order valence-corrected chi connectivity index (χ0v) is 8.34. The van der Waals surface area contributed by atoms with Gasteiger partial charge in [0.05, 0.1) is 0 Å². The fourth-order valence-electron chi connectivity index (χ4n) is 1.08. The number of rotatable bonds is 3. The lowest BCUT2D eigenvalue weighted by molar-refractivity contribution is 0.474. The van der Waals surface area contributed by atoms with Crippen LogP contribution in [0, 0.1) is 0 Å². The van der Waals surface area contributed by atoms with Crippen molar-refractivity contribution in [2.24, 2.45) is 5.73 Å². The van der Waals surface area contributed by atoms with Crippen LogP contribution in [-0.4, -0.2) is 11.7 Å². The Kier molecular flexibility index (Phi) is 3.56. The van der Waals surface area contributed by atoms with Crippen molar-refractivity contribution in [3.8, 4) is 5.75 Å². The molecule has 0 radical (unpaired) electrons. The summed E-state index contributed by atoms with van der Waals surface area (Å²) in [5.41, 5.74) is 6.50. The van der Waals surface area contributed by atoms with Gasteiger partial charge < -0.3 is 10.8 Å². The van der Waals surface area contributed by atoms with Gasteiger partial charge in [0.15, 0.2) is 0 Å². The Hall–Kier alpha value is -0.540. The van der Waals surface area contributed by atoms with Gasteiger partial charge in [0, 0.05) is 4.47 Å². The zero-order chi connectivity index (χ0) is 8.97. The summed E-state index contributed by atoms with van der Waals surface area (Å²) in [5.74, 6) is 0.302. The lowest BCUT2D eigenvalue weighted by Gasteiger charge is -2.01. The van der Waals surface area contributed by atoms with Gasteiger partial charge in [-0.25, -0.2) is 0 Å². The first-order chi connectivity index (χ1) is 5.72. The first-order valence-corrected chi connectivity index (χ1v) is 4.70. The summed E-state index contributed by atoms with van der Waals surface area (Å²) in [7, 11) is 0. The maximum absolute atomic E-state index is 9.23. The molecule has 0 saturated heterocycles. The standard InChI is InChI=1S/C9H12BrNO/c10-8-4-7(2-1-3-11)5-9(12)6-8/h4-6,12H,1-3,11H2. The summed E-state index contributed by atoms with van der Waals surface area (Å²) < 4.78 is 0.912. The summed E-state index contributed by atoms with van der Waals surface area (Å²) in [4.78, 5) is 0. The number of hydrogen-bond acceptors (Lipinski definition) is 2. The maximum atomic E-state index is 9.23. The number of nitrogens with two attached hydrogens (primary N) is 1. The maximum Gasteiger partial charge on any atom is 0.116 e. The molecular formula is C9H12BrNO. The average Bonchev–Trinajstić information content (AvgIpc) is 1.99. The molecule has 3 N–H and O–H groups in total. The normalized spacial score (nSPS) is 10.2. The third-order valence-electron chi connectivity index (χ3n) is 1.61. The predicted molar refractivity (Wildman–Crippen MR) is 53.2 cm³/mol. The molecule has 0 heterocycles. The molecule has 1 aromatic rings. The van der Waals surface area contributed by atoms with Gasteiger partial charge in [0.25, 0.3) is 0 Å². The molecule has 3 heteroatoms.